The van der Waals surface area contributed by atoms with Gasteiger partial charge in [-0.15, -0.1) is 5.10 Å². The Morgan fingerprint density at radius 3 is 2.41 bits per heavy atom. The Hall–Kier alpha value is -2.66. The van der Waals surface area contributed by atoms with E-state index >= 15 is 0 Å². The SMILES string of the molecule is Cc1ccc([C@H](C)CC(=O)Cn2nc(-c3ccc(Cl)cc3)n(C3CC3)c2=O)cc1. The summed E-state index contributed by atoms with van der Waals surface area (Å²) in [6, 6.07) is 15.7. The van der Waals surface area contributed by atoms with Crippen molar-refractivity contribution in [2.75, 3.05) is 0 Å². The van der Waals surface area contributed by atoms with Crippen LogP contribution in [-0.4, -0.2) is 20.1 Å². The van der Waals surface area contributed by atoms with Gasteiger partial charge in [0.2, 0.25) is 0 Å². The lowest BCUT2D eigenvalue weighted by Gasteiger charge is -2.11. The smallest absolute Gasteiger partial charge is 0.298 e. The maximum Gasteiger partial charge on any atom is 0.346 e. The van der Waals surface area contributed by atoms with Gasteiger partial charge in [0.05, 0.1) is 0 Å². The van der Waals surface area contributed by atoms with E-state index in [0.29, 0.717) is 17.3 Å². The van der Waals surface area contributed by atoms with Gasteiger partial charge in [0.1, 0.15) is 6.54 Å². The summed E-state index contributed by atoms with van der Waals surface area (Å²) in [5.74, 6) is 0.705. The first-order valence-corrected chi connectivity index (χ1v) is 10.3. The van der Waals surface area contributed by atoms with Crippen LogP contribution in [0.5, 0.6) is 0 Å². The number of nitrogens with zero attached hydrogens (tertiary/aromatic N) is 3. The van der Waals surface area contributed by atoms with E-state index in [0.717, 1.165) is 24.0 Å². The number of aryl methyl sites for hydroxylation is 1. The Labute approximate surface area is 174 Å². The monoisotopic (exact) mass is 409 g/mol. The van der Waals surface area contributed by atoms with Crippen molar-refractivity contribution in [1.82, 2.24) is 14.3 Å². The fourth-order valence-electron chi connectivity index (χ4n) is 3.57. The molecule has 0 aliphatic heterocycles. The Kier molecular flexibility index (Phi) is 5.41. The van der Waals surface area contributed by atoms with Crippen LogP contribution in [0.3, 0.4) is 0 Å². The lowest BCUT2D eigenvalue weighted by atomic mass is 9.95. The predicted octanol–water partition coefficient (Wildman–Crippen LogP) is 4.77. The van der Waals surface area contributed by atoms with Crippen molar-refractivity contribution in [3.05, 3.63) is 75.2 Å². The van der Waals surface area contributed by atoms with E-state index in [1.165, 1.54) is 10.2 Å². The molecule has 0 radical (unpaired) electrons. The fourth-order valence-corrected chi connectivity index (χ4v) is 3.69. The summed E-state index contributed by atoms with van der Waals surface area (Å²) in [6.07, 6.45) is 2.30. The molecule has 150 valence electrons. The largest absolute Gasteiger partial charge is 0.346 e. The van der Waals surface area contributed by atoms with Gasteiger partial charge in [-0.2, -0.15) is 0 Å². The van der Waals surface area contributed by atoms with Gasteiger partial charge in [0, 0.05) is 23.0 Å². The molecule has 1 saturated carbocycles. The van der Waals surface area contributed by atoms with Crippen molar-refractivity contribution in [2.45, 2.75) is 51.6 Å². The number of rotatable bonds is 7. The van der Waals surface area contributed by atoms with Crippen molar-refractivity contribution >= 4 is 17.4 Å². The Balaban J connectivity index is 1.55. The first-order chi connectivity index (χ1) is 13.9. The Morgan fingerprint density at radius 2 is 1.79 bits per heavy atom. The van der Waals surface area contributed by atoms with Crippen LogP contribution in [0.1, 0.15) is 49.3 Å². The molecule has 0 amide bonds. The molecule has 1 heterocycles. The number of aromatic nitrogens is 3. The second-order valence-corrected chi connectivity index (χ2v) is 8.36. The molecule has 6 heteroatoms. The van der Waals surface area contributed by atoms with Gasteiger partial charge in [-0.1, -0.05) is 48.4 Å². The molecule has 0 saturated heterocycles. The quantitative estimate of drug-likeness (QED) is 0.564. The van der Waals surface area contributed by atoms with Gasteiger partial charge in [0.25, 0.3) is 0 Å². The van der Waals surface area contributed by atoms with Gasteiger partial charge in [-0.25, -0.2) is 9.48 Å². The summed E-state index contributed by atoms with van der Waals surface area (Å²) in [6.45, 7) is 4.07. The van der Waals surface area contributed by atoms with E-state index in [-0.39, 0.29) is 30.0 Å². The summed E-state index contributed by atoms with van der Waals surface area (Å²) in [7, 11) is 0. The molecule has 0 bridgehead atoms. The minimum absolute atomic E-state index is 0.00304. The third-order valence-corrected chi connectivity index (χ3v) is 5.64. The number of halogens is 1. The van der Waals surface area contributed by atoms with Crippen LogP contribution in [0.4, 0.5) is 0 Å². The molecule has 0 N–H and O–H groups in total. The van der Waals surface area contributed by atoms with Crippen LogP contribution in [-0.2, 0) is 11.3 Å². The van der Waals surface area contributed by atoms with Crippen LogP contribution >= 0.6 is 11.6 Å². The number of hydrogen-bond acceptors (Lipinski definition) is 3. The fraction of sp³-hybridized carbons (Fsp3) is 0.348. The number of benzene rings is 2. The van der Waals surface area contributed by atoms with Gasteiger partial charge in [-0.3, -0.25) is 9.36 Å². The second-order valence-electron chi connectivity index (χ2n) is 7.93. The van der Waals surface area contributed by atoms with Crippen molar-refractivity contribution in [1.29, 1.82) is 0 Å². The maximum atomic E-state index is 12.9. The molecular formula is C23H24ClN3O2. The molecule has 5 nitrogen and oxygen atoms in total. The molecular weight excluding hydrogens is 386 g/mol. The normalized spacial score (nSPS) is 14.7. The standard InChI is InChI=1S/C23H24ClN3O2/c1-15-3-5-17(6-4-15)16(2)13-21(28)14-26-23(29)27(20-11-12-20)22(25-26)18-7-9-19(24)10-8-18/h3-10,16,20H,11-14H2,1-2H3/t16-/m1/s1. The van der Waals surface area contributed by atoms with E-state index in [1.807, 2.05) is 26.0 Å². The van der Waals surface area contributed by atoms with Gasteiger partial charge in [-0.05, 0) is 55.5 Å². The van der Waals surface area contributed by atoms with E-state index < -0.39 is 0 Å². The van der Waals surface area contributed by atoms with Crippen molar-refractivity contribution in [3.8, 4) is 11.4 Å². The van der Waals surface area contributed by atoms with Crippen molar-refractivity contribution < 1.29 is 4.79 Å². The number of hydrogen-bond donors (Lipinski definition) is 0. The molecule has 1 fully saturated rings. The summed E-state index contributed by atoms with van der Waals surface area (Å²) in [5, 5.41) is 5.14. The molecule has 0 spiro atoms. The topological polar surface area (TPSA) is 56.9 Å². The average molecular weight is 410 g/mol. The maximum absolute atomic E-state index is 12.9. The molecule has 4 rings (SSSR count). The molecule has 2 aromatic carbocycles. The van der Waals surface area contributed by atoms with Gasteiger partial charge in [0.15, 0.2) is 11.6 Å². The number of Topliss-reactive ketones (excluding diaryl/α,β-unsaturated/α-hetero) is 1. The lowest BCUT2D eigenvalue weighted by Crippen LogP contribution is -2.28. The highest BCUT2D eigenvalue weighted by molar-refractivity contribution is 6.30. The van der Waals surface area contributed by atoms with Crippen molar-refractivity contribution in [3.63, 3.8) is 0 Å². The van der Waals surface area contributed by atoms with E-state index in [2.05, 4.69) is 29.4 Å². The summed E-state index contributed by atoms with van der Waals surface area (Å²) in [4.78, 5) is 25.6. The Morgan fingerprint density at radius 1 is 1.14 bits per heavy atom. The van der Waals surface area contributed by atoms with Crippen LogP contribution in [0.25, 0.3) is 11.4 Å². The molecule has 1 aromatic heterocycles. The van der Waals surface area contributed by atoms with E-state index in [4.69, 9.17) is 11.6 Å². The third-order valence-electron chi connectivity index (χ3n) is 5.39. The molecule has 3 aromatic rings. The first kappa shape index (κ1) is 19.6. The molecule has 0 unspecified atom stereocenters. The van der Waals surface area contributed by atoms with Crippen molar-refractivity contribution in [2.24, 2.45) is 0 Å². The van der Waals surface area contributed by atoms with Gasteiger partial charge >= 0.3 is 5.69 Å². The highest BCUT2D eigenvalue weighted by Gasteiger charge is 2.30. The van der Waals surface area contributed by atoms with Crippen LogP contribution < -0.4 is 5.69 Å². The minimum atomic E-state index is -0.214. The van der Waals surface area contributed by atoms with Crippen LogP contribution in [0.15, 0.2) is 53.3 Å². The van der Waals surface area contributed by atoms with E-state index in [1.54, 1.807) is 16.7 Å². The van der Waals surface area contributed by atoms with Crippen LogP contribution in [0, 0.1) is 6.92 Å². The highest BCUT2D eigenvalue weighted by Crippen LogP contribution is 2.36. The average Bonchev–Trinajstić information content (AvgIpc) is 3.48. The molecule has 1 aliphatic carbocycles. The molecule has 1 atom stereocenters. The summed E-state index contributed by atoms with van der Waals surface area (Å²) < 4.78 is 3.03. The van der Waals surface area contributed by atoms with Gasteiger partial charge < -0.3 is 0 Å². The zero-order chi connectivity index (χ0) is 20.5. The highest BCUT2D eigenvalue weighted by atomic mass is 35.5. The zero-order valence-electron chi connectivity index (χ0n) is 16.6. The third kappa shape index (κ3) is 4.35. The Bertz CT molecular complexity index is 1080. The van der Waals surface area contributed by atoms with E-state index in [9.17, 15) is 9.59 Å². The first-order valence-electron chi connectivity index (χ1n) is 9.96. The number of ketones is 1. The molecule has 29 heavy (non-hydrogen) atoms. The number of carbonyl (C=O) groups excluding carboxylic acids is 1. The number of carbonyl (C=O) groups is 1. The second kappa shape index (κ2) is 7.99. The minimum Gasteiger partial charge on any atom is -0.298 e. The predicted molar refractivity (Wildman–Crippen MR) is 114 cm³/mol. The van der Waals surface area contributed by atoms with Crippen LogP contribution in [0.2, 0.25) is 5.02 Å². The molecule has 1 aliphatic rings. The summed E-state index contributed by atoms with van der Waals surface area (Å²) >= 11 is 5.99. The lowest BCUT2D eigenvalue weighted by molar-refractivity contribution is -0.120. The zero-order valence-corrected chi connectivity index (χ0v) is 17.4. The summed E-state index contributed by atoms with van der Waals surface area (Å²) in [5.41, 5.74) is 2.94.